The summed E-state index contributed by atoms with van der Waals surface area (Å²) in [5.74, 6) is -1.90. The summed E-state index contributed by atoms with van der Waals surface area (Å²) in [6.45, 7) is 6.20. The Labute approximate surface area is 124 Å². The second-order valence-electron chi connectivity index (χ2n) is 6.22. The van der Waals surface area contributed by atoms with Gasteiger partial charge in [-0.3, -0.25) is 14.4 Å². The van der Waals surface area contributed by atoms with E-state index in [9.17, 15) is 14.4 Å². The minimum atomic E-state index is -1.06. The van der Waals surface area contributed by atoms with Crippen LogP contribution in [0.4, 0.5) is 0 Å². The predicted molar refractivity (Wildman–Crippen MR) is 75.7 cm³/mol. The molecule has 0 aromatic rings. The van der Waals surface area contributed by atoms with Crippen LogP contribution in [0.1, 0.15) is 27.2 Å². The molecule has 0 aromatic carbocycles. The fraction of sp³-hybridized carbons (Fsp3) is 0.786. The standard InChI is InChI=1S/C14H24N2O5/c1-14(2,3)16(9-12(18)19)13(20)10-7-11(17)15(8-10)5-6-21-4/h10H,5-9H2,1-4H3,(H,18,19). The molecule has 7 heteroatoms. The zero-order valence-electron chi connectivity index (χ0n) is 13.1. The second-order valence-corrected chi connectivity index (χ2v) is 6.22. The van der Waals surface area contributed by atoms with E-state index in [2.05, 4.69) is 0 Å². The molecule has 1 saturated heterocycles. The Balaban J connectivity index is 2.77. The van der Waals surface area contributed by atoms with Gasteiger partial charge in [-0.15, -0.1) is 0 Å². The summed E-state index contributed by atoms with van der Waals surface area (Å²) < 4.78 is 4.94. The van der Waals surface area contributed by atoms with E-state index in [-0.39, 0.29) is 24.8 Å². The molecule has 21 heavy (non-hydrogen) atoms. The highest BCUT2D eigenvalue weighted by molar-refractivity contribution is 5.91. The van der Waals surface area contributed by atoms with Crippen molar-refractivity contribution in [3.8, 4) is 0 Å². The van der Waals surface area contributed by atoms with Gasteiger partial charge in [0.2, 0.25) is 11.8 Å². The minimum Gasteiger partial charge on any atom is -0.480 e. The molecule has 1 N–H and O–H groups in total. The van der Waals surface area contributed by atoms with Crippen LogP contribution in [0.25, 0.3) is 0 Å². The predicted octanol–water partition coefficient (Wildman–Crippen LogP) is 0.193. The number of carbonyl (C=O) groups excluding carboxylic acids is 2. The zero-order valence-corrected chi connectivity index (χ0v) is 13.1. The highest BCUT2D eigenvalue weighted by Crippen LogP contribution is 2.24. The molecule has 0 spiro atoms. The Kier molecular flexibility index (Phi) is 5.71. The number of hydrogen-bond donors (Lipinski definition) is 1. The van der Waals surface area contributed by atoms with Crippen LogP contribution in [0.5, 0.6) is 0 Å². The van der Waals surface area contributed by atoms with Crippen LogP contribution in [0.2, 0.25) is 0 Å². The summed E-state index contributed by atoms with van der Waals surface area (Å²) in [6, 6.07) is 0. The first-order valence-electron chi connectivity index (χ1n) is 6.96. The Bertz CT molecular complexity index is 416. The van der Waals surface area contributed by atoms with Crippen LogP contribution in [-0.4, -0.2) is 71.6 Å². The fourth-order valence-electron chi connectivity index (χ4n) is 2.36. The van der Waals surface area contributed by atoms with Gasteiger partial charge in [0.1, 0.15) is 6.54 Å². The maximum absolute atomic E-state index is 12.5. The van der Waals surface area contributed by atoms with Gasteiger partial charge in [-0.05, 0) is 20.8 Å². The van der Waals surface area contributed by atoms with Crippen LogP contribution < -0.4 is 0 Å². The molecular weight excluding hydrogens is 276 g/mol. The zero-order chi connectivity index (χ0) is 16.2. The fourth-order valence-corrected chi connectivity index (χ4v) is 2.36. The van der Waals surface area contributed by atoms with E-state index in [1.165, 1.54) is 4.90 Å². The number of likely N-dealkylation sites (tertiary alicyclic amines) is 1. The van der Waals surface area contributed by atoms with Gasteiger partial charge < -0.3 is 19.6 Å². The highest BCUT2D eigenvalue weighted by Gasteiger charge is 2.39. The summed E-state index contributed by atoms with van der Waals surface area (Å²) in [6.07, 6.45) is 0.134. The van der Waals surface area contributed by atoms with Gasteiger partial charge in [-0.25, -0.2) is 0 Å². The summed E-state index contributed by atoms with van der Waals surface area (Å²) in [7, 11) is 1.55. The van der Waals surface area contributed by atoms with Gasteiger partial charge in [-0.2, -0.15) is 0 Å². The van der Waals surface area contributed by atoms with E-state index in [1.54, 1.807) is 32.8 Å². The molecule has 0 aliphatic carbocycles. The van der Waals surface area contributed by atoms with Gasteiger partial charge in [0.15, 0.2) is 0 Å². The number of amides is 2. The van der Waals surface area contributed by atoms with Crippen LogP contribution >= 0.6 is 0 Å². The Morgan fingerprint density at radius 1 is 1.43 bits per heavy atom. The van der Waals surface area contributed by atoms with E-state index in [0.717, 1.165) is 0 Å². The quantitative estimate of drug-likeness (QED) is 0.757. The summed E-state index contributed by atoms with van der Waals surface area (Å²) in [4.78, 5) is 38.3. The molecule has 2 amide bonds. The molecule has 1 fully saturated rings. The van der Waals surface area contributed by atoms with Crippen molar-refractivity contribution in [2.75, 3.05) is 33.4 Å². The molecule has 1 aliphatic rings. The summed E-state index contributed by atoms with van der Waals surface area (Å²) in [5.41, 5.74) is -0.599. The number of hydrogen-bond acceptors (Lipinski definition) is 4. The van der Waals surface area contributed by atoms with Gasteiger partial charge >= 0.3 is 5.97 Å². The molecule has 0 radical (unpaired) electrons. The number of rotatable bonds is 6. The average molecular weight is 300 g/mol. The average Bonchev–Trinajstić information content (AvgIpc) is 2.72. The van der Waals surface area contributed by atoms with E-state index in [4.69, 9.17) is 9.84 Å². The van der Waals surface area contributed by atoms with E-state index in [0.29, 0.717) is 19.7 Å². The first kappa shape index (κ1) is 17.4. The third-order valence-electron chi connectivity index (χ3n) is 3.50. The van der Waals surface area contributed by atoms with E-state index in [1.807, 2.05) is 0 Å². The van der Waals surface area contributed by atoms with Crippen LogP contribution in [0, 0.1) is 5.92 Å². The molecule has 0 bridgehead atoms. The van der Waals surface area contributed by atoms with Crippen molar-refractivity contribution in [1.29, 1.82) is 0 Å². The van der Waals surface area contributed by atoms with Gasteiger partial charge in [0.05, 0.1) is 12.5 Å². The van der Waals surface area contributed by atoms with Crippen molar-refractivity contribution in [2.24, 2.45) is 5.92 Å². The number of aliphatic carboxylic acids is 1. The molecule has 1 atom stereocenters. The van der Waals surface area contributed by atoms with E-state index < -0.39 is 17.4 Å². The SMILES string of the molecule is COCCN1CC(C(=O)N(CC(=O)O)C(C)(C)C)CC1=O. The molecular formula is C14H24N2O5. The molecule has 1 unspecified atom stereocenters. The van der Waals surface area contributed by atoms with Crippen molar-refractivity contribution in [3.05, 3.63) is 0 Å². The minimum absolute atomic E-state index is 0.0883. The van der Waals surface area contributed by atoms with Gasteiger partial charge in [0, 0.05) is 32.2 Å². The van der Waals surface area contributed by atoms with Crippen molar-refractivity contribution >= 4 is 17.8 Å². The van der Waals surface area contributed by atoms with Crippen LogP contribution in [-0.2, 0) is 19.1 Å². The molecule has 7 nitrogen and oxygen atoms in total. The molecule has 1 aliphatic heterocycles. The highest BCUT2D eigenvalue weighted by atomic mass is 16.5. The summed E-state index contributed by atoms with van der Waals surface area (Å²) in [5, 5.41) is 8.97. The maximum atomic E-state index is 12.5. The number of carboxylic acid groups (broad SMARTS) is 1. The third kappa shape index (κ3) is 4.70. The third-order valence-corrected chi connectivity index (χ3v) is 3.50. The lowest BCUT2D eigenvalue weighted by Gasteiger charge is -2.36. The Hall–Kier alpha value is -1.63. The smallest absolute Gasteiger partial charge is 0.323 e. The normalized spacial score (nSPS) is 19.0. The number of carbonyl (C=O) groups is 3. The number of carboxylic acids is 1. The van der Waals surface area contributed by atoms with Gasteiger partial charge in [0.25, 0.3) is 0 Å². The largest absolute Gasteiger partial charge is 0.480 e. The maximum Gasteiger partial charge on any atom is 0.323 e. The van der Waals surface area contributed by atoms with Crippen molar-refractivity contribution in [1.82, 2.24) is 9.80 Å². The lowest BCUT2D eigenvalue weighted by molar-refractivity contribution is -0.150. The monoisotopic (exact) mass is 300 g/mol. The van der Waals surface area contributed by atoms with Gasteiger partial charge in [-0.1, -0.05) is 0 Å². The number of methoxy groups -OCH3 is 1. The first-order valence-corrected chi connectivity index (χ1v) is 6.96. The first-order chi connectivity index (χ1) is 9.66. The molecule has 0 saturated carbocycles. The lowest BCUT2D eigenvalue weighted by Crippen LogP contribution is -2.51. The Morgan fingerprint density at radius 2 is 2.05 bits per heavy atom. The number of nitrogens with zero attached hydrogens (tertiary/aromatic N) is 2. The second kappa shape index (κ2) is 6.89. The molecule has 120 valence electrons. The lowest BCUT2D eigenvalue weighted by atomic mass is 10.0. The number of ether oxygens (including phenoxy) is 1. The van der Waals surface area contributed by atoms with Crippen molar-refractivity contribution < 1.29 is 24.2 Å². The van der Waals surface area contributed by atoms with Crippen molar-refractivity contribution in [2.45, 2.75) is 32.7 Å². The Morgan fingerprint density at radius 3 is 2.52 bits per heavy atom. The van der Waals surface area contributed by atoms with Crippen LogP contribution in [0.15, 0.2) is 0 Å². The molecule has 0 aromatic heterocycles. The van der Waals surface area contributed by atoms with Crippen molar-refractivity contribution in [3.63, 3.8) is 0 Å². The topological polar surface area (TPSA) is 87.2 Å². The molecule has 1 rings (SSSR count). The van der Waals surface area contributed by atoms with E-state index >= 15 is 0 Å². The summed E-state index contributed by atoms with van der Waals surface area (Å²) >= 11 is 0. The molecule has 1 heterocycles. The van der Waals surface area contributed by atoms with Crippen LogP contribution in [0.3, 0.4) is 0 Å².